The minimum absolute atomic E-state index is 0.0171. The second-order valence-corrected chi connectivity index (χ2v) is 6.93. The molecule has 1 aromatic rings. The van der Waals surface area contributed by atoms with Gasteiger partial charge in [0.2, 0.25) is 0 Å². The van der Waals surface area contributed by atoms with Crippen molar-refractivity contribution in [1.82, 2.24) is 10.2 Å². The van der Waals surface area contributed by atoms with Crippen molar-refractivity contribution in [2.45, 2.75) is 44.4 Å². The number of thioether (sulfide) groups is 1. The molecule has 1 aliphatic heterocycles. The van der Waals surface area contributed by atoms with Gasteiger partial charge in [-0.2, -0.15) is 11.8 Å². The lowest BCUT2D eigenvalue weighted by Gasteiger charge is -2.24. The summed E-state index contributed by atoms with van der Waals surface area (Å²) in [4.78, 5) is 14.2. The molecular weight excluding hydrogens is 299 g/mol. The Morgan fingerprint density at radius 1 is 1.36 bits per heavy atom. The van der Waals surface area contributed by atoms with Crippen LogP contribution in [0.3, 0.4) is 0 Å². The van der Waals surface area contributed by atoms with Gasteiger partial charge in [-0.3, -0.25) is 0 Å². The van der Waals surface area contributed by atoms with Gasteiger partial charge in [0, 0.05) is 35.7 Å². The van der Waals surface area contributed by atoms with E-state index in [9.17, 15) is 9.18 Å². The van der Waals surface area contributed by atoms with Crippen molar-refractivity contribution in [2.24, 2.45) is 0 Å². The highest BCUT2D eigenvalue weighted by molar-refractivity contribution is 7.99. The van der Waals surface area contributed by atoms with Crippen molar-refractivity contribution in [3.05, 3.63) is 35.6 Å². The highest BCUT2D eigenvalue weighted by atomic mass is 32.2. The van der Waals surface area contributed by atoms with E-state index in [4.69, 9.17) is 0 Å². The third kappa shape index (κ3) is 4.38. The molecule has 1 atom stereocenters. The van der Waals surface area contributed by atoms with Crippen LogP contribution < -0.4 is 5.32 Å². The second kappa shape index (κ2) is 8.42. The monoisotopic (exact) mass is 324 g/mol. The van der Waals surface area contributed by atoms with Gasteiger partial charge in [0.15, 0.2) is 0 Å². The van der Waals surface area contributed by atoms with Gasteiger partial charge in [0.25, 0.3) is 0 Å². The number of carbonyl (C=O) groups excluding carboxylic acids is 1. The molecular formula is C17H25FN2OS. The van der Waals surface area contributed by atoms with Crippen molar-refractivity contribution < 1.29 is 9.18 Å². The zero-order valence-electron chi connectivity index (χ0n) is 13.3. The largest absolute Gasteiger partial charge is 0.335 e. The van der Waals surface area contributed by atoms with Gasteiger partial charge >= 0.3 is 6.03 Å². The van der Waals surface area contributed by atoms with Crippen LogP contribution in [0.2, 0.25) is 0 Å². The number of halogens is 1. The van der Waals surface area contributed by atoms with E-state index < -0.39 is 0 Å². The number of carbonyl (C=O) groups is 1. The minimum atomic E-state index is -0.144. The fraction of sp³-hybridized carbons (Fsp3) is 0.588. The van der Waals surface area contributed by atoms with E-state index in [1.807, 2.05) is 17.0 Å². The first-order valence-corrected chi connectivity index (χ1v) is 9.12. The lowest BCUT2D eigenvalue weighted by molar-refractivity contribution is 0.196. The van der Waals surface area contributed by atoms with Crippen LogP contribution >= 0.6 is 11.8 Å². The summed E-state index contributed by atoms with van der Waals surface area (Å²) in [5.74, 6) is 0.699. The molecule has 1 saturated heterocycles. The maximum absolute atomic E-state index is 13.9. The number of hydrogen-bond acceptors (Lipinski definition) is 2. The molecule has 1 fully saturated rings. The molecule has 0 aromatic heterocycles. The number of nitrogens with one attached hydrogen (secondary N) is 1. The summed E-state index contributed by atoms with van der Waals surface area (Å²) in [6.45, 7) is 5.57. The van der Waals surface area contributed by atoms with Gasteiger partial charge in [-0.05, 0) is 25.3 Å². The molecule has 5 heteroatoms. The Labute approximate surface area is 136 Å². The molecule has 1 heterocycles. The number of nitrogens with zero attached hydrogens (tertiary/aromatic N) is 1. The van der Waals surface area contributed by atoms with Gasteiger partial charge in [-0.15, -0.1) is 0 Å². The second-order valence-electron chi connectivity index (χ2n) is 5.62. The minimum Gasteiger partial charge on any atom is -0.335 e. The van der Waals surface area contributed by atoms with Crippen molar-refractivity contribution in [3.63, 3.8) is 0 Å². The number of hydrogen-bond donors (Lipinski definition) is 1. The molecule has 1 unspecified atom stereocenters. The van der Waals surface area contributed by atoms with Gasteiger partial charge in [0.1, 0.15) is 5.82 Å². The molecule has 1 aliphatic rings. The maximum atomic E-state index is 13.9. The van der Waals surface area contributed by atoms with Crippen LogP contribution in [0, 0.1) is 5.82 Å². The lowest BCUT2D eigenvalue weighted by atomic mass is 10.1. The van der Waals surface area contributed by atoms with Gasteiger partial charge < -0.3 is 10.2 Å². The van der Waals surface area contributed by atoms with Crippen molar-refractivity contribution in [2.75, 3.05) is 18.8 Å². The third-order valence-electron chi connectivity index (χ3n) is 4.19. The molecule has 0 aliphatic carbocycles. The molecule has 2 amide bonds. The summed E-state index contributed by atoms with van der Waals surface area (Å²) in [5, 5.41) is 3.22. The molecule has 1 N–H and O–H groups in total. The van der Waals surface area contributed by atoms with Crippen LogP contribution in [0.5, 0.6) is 0 Å². The first kappa shape index (κ1) is 17.1. The van der Waals surface area contributed by atoms with Crippen molar-refractivity contribution >= 4 is 17.8 Å². The number of benzene rings is 1. The smallest absolute Gasteiger partial charge is 0.317 e. The summed E-state index contributed by atoms with van der Waals surface area (Å²) in [6.07, 6.45) is 2.69. The van der Waals surface area contributed by atoms with Crippen molar-refractivity contribution in [3.8, 4) is 0 Å². The SMILES string of the molecule is CCC(CC)NC(=O)N1CCSC(c2ccccc2F)CC1. The van der Waals surface area contributed by atoms with Gasteiger partial charge in [0.05, 0.1) is 0 Å². The fourth-order valence-electron chi connectivity index (χ4n) is 2.72. The Hall–Kier alpha value is -1.23. The zero-order chi connectivity index (χ0) is 15.9. The van der Waals surface area contributed by atoms with E-state index in [0.29, 0.717) is 6.54 Å². The van der Waals surface area contributed by atoms with E-state index in [2.05, 4.69) is 19.2 Å². The Morgan fingerprint density at radius 2 is 2.09 bits per heavy atom. The Kier molecular flexibility index (Phi) is 6.55. The van der Waals surface area contributed by atoms with E-state index in [-0.39, 0.29) is 23.1 Å². The number of amides is 2. The molecule has 0 bridgehead atoms. The molecule has 22 heavy (non-hydrogen) atoms. The first-order chi connectivity index (χ1) is 10.7. The lowest BCUT2D eigenvalue weighted by Crippen LogP contribution is -2.45. The topological polar surface area (TPSA) is 32.3 Å². The Balaban J connectivity index is 1.95. The maximum Gasteiger partial charge on any atom is 0.317 e. The predicted octanol–water partition coefficient (Wildman–Crippen LogP) is 4.20. The molecule has 3 nitrogen and oxygen atoms in total. The Bertz CT molecular complexity index is 493. The number of urea groups is 1. The average molecular weight is 324 g/mol. The van der Waals surface area contributed by atoms with E-state index in [0.717, 1.165) is 37.1 Å². The Morgan fingerprint density at radius 3 is 2.77 bits per heavy atom. The molecule has 2 rings (SSSR count). The summed E-state index contributed by atoms with van der Waals surface area (Å²) in [6, 6.07) is 7.22. The standard InChI is InChI=1S/C17H25FN2OS/c1-3-13(4-2)19-17(21)20-10-9-16(22-12-11-20)14-7-5-6-8-15(14)18/h5-8,13,16H,3-4,9-12H2,1-2H3,(H,19,21). The highest BCUT2D eigenvalue weighted by Gasteiger charge is 2.24. The fourth-order valence-corrected chi connectivity index (χ4v) is 3.97. The normalized spacial score (nSPS) is 19.1. The summed E-state index contributed by atoms with van der Waals surface area (Å²) >= 11 is 1.74. The summed E-state index contributed by atoms with van der Waals surface area (Å²) in [7, 11) is 0. The van der Waals surface area contributed by atoms with Crippen LogP contribution in [0.25, 0.3) is 0 Å². The molecule has 0 saturated carbocycles. The summed E-state index contributed by atoms with van der Waals surface area (Å²) in [5.41, 5.74) is 0.759. The quantitative estimate of drug-likeness (QED) is 0.900. The molecule has 1 aromatic carbocycles. The molecule has 0 radical (unpaired) electrons. The van der Waals surface area contributed by atoms with E-state index >= 15 is 0 Å². The van der Waals surface area contributed by atoms with Crippen LogP contribution in [0.1, 0.15) is 43.9 Å². The average Bonchev–Trinajstić information content (AvgIpc) is 2.79. The van der Waals surface area contributed by atoms with E-state index in [1.165, 1.54) is 6.07 Å². The predicted molar refractivity (Wildman–Crippen MR) is 90.7 cm³/mol. The number of rotatable bonds is 4. The van der Waals surface area contributed by atoms with Crippen LogP contribution in [-0.4, -0.2) is 35.8 Å². The van der Waals surface area contributed by atoms with Crippen LogP contribution in [0.15, 0.2) is 24.3 Å². The van der Waals surface area contributed by atoms with E-state index in [1.54, 1.807) is 17.8 Å². The van der Waals surface area contributed by atoms with Crippen molar-refractivity contribution in [1.29, 1.82) is 0 Å². The van der Waals surface area contributed by atoms with Crippen LogP contribution in [0.4, 0.5) is 9.18 Å². The summed E-state index contributed by atoms with van der Waals surface area (Å²) < 4.78 is 13.9. The molecule has 122 valence electrons. The zero-order valence-corrected chi connectivity index (χ0v) is 14.2. The third-order valence-corrected chi connectivity index (χ3v) is 5.50. The first-order valence-electron chi connectivity index (χ1n) is 8.07. The van der Waals surface area contributed by atoms with Gasteiger partial charge in [-0.1, -0.05) is 32.0 Å². The highest BCUT2D eigenvalue weighted by Crippen LogP contribution is 2.35. The molecule has 0 spiro atoms. The van der Waals surface area contributed by atoms with Gasteiger partial charge in [-0.25, -0.2) is 9.18 Å². The van der Waals surface area contributed by atoms with Crippen LogP contribution in [-0.2, 0) is 0 Å².